The number of thioether (sulfide) groups is 1. The summed E-state index contributed by atoms with van der Waals surface area (Å²) in [6, 6.07) is 20.5. The average molecular weight is 441 g/mol. The standard InChI is InChI=1S/C23H24N2O3S2/c1-29-22-11-5-4-10-21(22)24-23(26)19-9-6-14-25(16-19)30(27,28)20-13-12-17-7-2-3-8-18(17)15-20/h2-5,7-8,10-13,15,19H,6,9,14,16H2,1H3,(H,24,26)/t19-/m0/s1. The maximum absolute atomic E-state index is 13.2. The van der Waals surface area contributed by atoms with Crippen LogP contribution in [-0.4, -0.2) is 38.0 Å². The molecule has 0 bridgehead atoms. The van der Waals surface area contributed by atoms with Crippen molar-refractivity contribution in [3.8, 4) is 0 Å². The smallest absolute Gasteiger partial charge is 0.243 e. The van der Waals surface area contributed by atoms with Crippen LogP contribution in [0.2, 0.25) is 0 Å². The Morgan fingerprint density at radius 3 is 2.57 bits per heavy atom. The molecule has 0 aliphatic carbocycles. The number of nitrogens with one attached hydrogen (secondary N) is 1. The molecular formula is C23H24N2O3S2. The molecule has 30 heavy (non-hydrogen) atoms. The summed E-state index contributed by atoms with van der Waals surface area (Å²) in [7, 11) is -3.66. The van der Waals surface area contributed by atoms with Crippen molar-refractivity contribution >= 4 is 44.2 Å². The maximum Gasteiger partial charge on any atom is 0.243 e. The molecule has 5 nitrogen and oxygen atoms in total. The third-order valence-corrected chi connectivity index (χ3v) is 8.14. The molecule has 7 heteroatoms. The Balaban J connectivity index is 1.53. The van der Waals surface area contributed by atoms with Gasteiger partial charge in [0.15, 0.2) is 0 Å². The molecule has 1 atom stereocenters. The summed E-state index contributed by atoms with van der Waals surface area (Å²) in [5.74, 6) is -0.501. The Kier molecular flexibility index (Phi) is 6.13. The molecule has 4 rings (SSSR count). The molecule has 1 fully saturated rings. The zero-order valence-electron chi connectivity index (χ0n) is 16.7. The maximum atomic E-state index is 13.2. The van der Waals surface area contributed by atoms with E-state index in [0.29, 0.717) is 19.4 Å². The van der Waals surface area contributed by atoms with Crippen LogP contribution < -0.4 is 5.32 Å². The Labute approximate surface area is 181 Å². The molecule has 3 aromatic carbocycles. The normalized spacial score (nSPS) is 17.7. The van der Waals surface area contributed by atoms with E-state index in [1.165, 1.54) is 4.31 Å². The highest BCUT2D eigenvalue weighted by Crippen LogP contribution is 2.29. The minimum Gasteiger partial charge on any atom is -0.325 e. The lowest BCUT2D eigenvalue weighted by Crippen LogP contribution is -2.43. The Bertz CT molecular complexity index is 1180. The fourth-order valence-electron chi connectivity index (χ4n) is 3.83. The molecule has 0 aromatic heterocycles. The summed E-state index contributed by atoms with van der Waals surface area (Å²) < 4.78 is 27.9. The van der Waals surface area contributed by atoms with E-state index in [0.717, 1.165) is 21.4 Å². The van der Waals surface area contributed by atoms with Gasteiger partial charge < -0.3 is 5.32 Å². The van der Waals surface area contributed by atoms with E-state index in [1.54, 1.807) is 23.9 Å². The highest BCUT2D eigenvalue weighted by atomic mass is 32.2. The van der Waals surface area contributed by atoms with Gasteiger partial charge in [0.05, 0.1) is 16.5 Å². The van der Waals surface area contributed by atoms with Gasteiger partial charge in [-0.3, -0.25) is 4.79 Å². The van der Waals surface area contributed by atoms with E-state index in [9.17, 15) is 13.2 Å². The van der Waals surface area contributed by atoms with Crippen molar-refractivity contribution in [1.82, 2.24) is 4.31 Å². The molecule has 1 amide bonds. The summed E-state index contributed by atoms with van der Waals surface area (Å²) in [5.41, 5.74) is 0.768. The molecule has 1 aliphatic heterocycles. The van der Waals surface area contributed by atoms with Gasteiger partial charge in [0, 0.05) is 18.0 Å². The van der Waals surface area contributed by atoms with Crippen molar-refractivity contribution in [2.75, 3.05) is 24.7 Å². The molecule has 1 saturated heterocycles. The number of para-hydroxylation sites is 1. The third kappa shape index (κ3) is 4.24. The average Bonchev–Trinajstić information content (AvgIpc) is 2.79. The predicted molar refractivity (Wildman–Crippen MR) is 122 cm³/mol. The van der Waals surface area contributed by atoms with Crippen molar-refractivity contribution in [3.63, 3.8) is 0 Å². The van der Waals surface area contributed by atoms with Crippen LogP contribution in [0, 0.1) is 5.92 Å². The van der Waals surface area contributed by atoms with Gasteiger partial charge in [-0.05, 0) is 54.1 Å². The number of piperidine rings is 1. The molecule has 3 aromatic rings. The number of hydrogen-bond donors (Lipinski definition) is 1. The molecule has 0 saturated carbocycles. The molecule has 0 unspecified atom stereocenters. The van der Waals surface area contributed by atoms with Crippen LogP contribution in [0.4, 0.5) is 5.69 Å². The zero-order chi connectivity index (χ0) is 21.1. The molecule has 0 radical (unpaired) electrons. The quantitative estimate of drug-likeness (QED) is 0.589. The molecule has 156 valence electrons. The van der Waals surface area contributed by atoms with E-state index in [4.69, 9.17) is 0 Å². The second-order valence-corrected chi connectivity index (χ2v) is 10.2. The number of carbonyl (C=O) groups excluding carboxylic acids is 1. The highest BCUT2D eigenvalue weighted by molar-refractivity contribution is 7.98. The second-order valence-electron chi connectivity index (χ2n) is 7.40. The highest BCUT2D eigenvalue weighted by Gasteiger charge is 2.33. The van der Waals surface area contributed by atoms with Gasteiger partial charge in [0.1, 0.15) is 0 Å². The number of benzene rings is 3. The first-order valence-electron chi connectivity index (χ1n) is 9.92. The number of rotatable bonds is 5. The number of carbonyl (C=O) groups is 1. The summed E-state index contributed by atoms with van der Waals surface area (Å²) in [5, 5.41) is 4.87. The van der Waals surface area contributed by atoms with E-state index in [-0.39, 0.29) is 23.3 Å². The van der Waals surface area contributed by atoms with Gasteiger partial charge in [0.25, 0.3) is 0 Å². The van der Waals surface area contributed by atoms with Crippen LogP contribution >= 0.6 is 11.8 Å². The summed E-state index contributed by atoms with van der Waals surface area (Å²) in [4.78, 5) is 14.1. The lowest BCUT2D eigenvalue weighted by Gasteiger charge is -2.31. The van der Waals surface area contributed by atoms with Gasteiger partial charge in [-0.1, -0.05) is 42.5 Å². The number of amides is 1. The number of hydrogen-bond acceptors (Lipinski definition) is 4. The molecule has 1 aliphatic rings. The zero-order valence-corrected chi connectivity index (χ0v) is 18.4. The van der Waals surface area contributed by atoms with Gasteiger partial charge in [-0.2, -0.15) is 4.31 Å². The monoisotopic (exact) mass is 440 g/mol. The third-order valence-electron chi connectivity index (χ3n) is 5.48. The Morgan fingerprint density at radius 2 is 1.77 bits per heavy atom. The van der Waals surface area contributed by atoms with Crippen LogP contribution in [0.5, 0.6) is 0 Å². The minimum atomic E-state index is -3.66. The summed E-state index contributed by atoms with van der Waals surface area (Å²) in [6.45, 7) is 0.628. The van der Waals surface area contributed by atoms with E-state index >= 15 is 0 Å². The first-order valence-corrected chi connectivity index (χ1v) is 12.6. The largest absolute Gasteiger partial charge is 0.325 e. The van der Waals surface area contributed by atoms with Crippen molar-refractivity contribution in [3.05, 3.63) is 66.7 Å². The first kappa shape index (κ1) is 20.9. The van der Waals surface area contributed by atoms with Crippen molar-refractivity contribution < 1.29 is 13.2 Å². The van der Waals surface area contributed by atoms with Crippen molar-refractivity contribution in [2.24, 2.45) is 5.92 Å². The van der Waals surface area contributed by atoms with Crippen LogP contribution in [-0.2, 0) is 14.8 Å². The van der Waals surface area contributed by atoms with Crippen LogP contribution in [0.1, 0.15) is 12.8 Å². The number of nitrogens with zero attached hydrogens (tertiary/aromatic N) is 1. The van der Waals surface area contributed by atoms with Gasteiger partial charge >= 0.3 is 0 Å². The lowest BCUT2D eigenvalue weighted by molar-refractivity contribution is -0.120. The molecule has 1 heterocycles. The van der Waals surface area contributed by atoms with Crippen LogP contribution in [0.25, 0.3) is 10.8 Å². The van der Waals surface area contributed by atoms with E-state index < -0.39 is 10.0 Å². The fraction of sp³-hybridized carbons (Fsp3) is 0.261. The molecule has 1 N–H and O–H groups in total. The minimum absolute atomic E-state index is 0.130. The first-order chi connectivity index (χ1) is 14.5. The van der Waals surface area contributed by atoms with Crippen LogP contribution in [0.15, 0.2) is 76.5 Å². The van der Waals surface area contributed by atoms with Crippen molar-refractivity contribution in [2.45, 2.75) is 22.6 Å². The SMILES string of the molecule is CSc1ccccc1NC(=O)[C@H]1CCCN(S(=O)(=O)c2ccc3ccccc3c2)C1. The van der Waals surface area contributed by atoms with Gasteiger partial charge in [-0.15, -0.1) is 11.8 Å². The second kappa shape index (κ2) is 8.79. The van der Waals surface area contributed by atoms with E-state index in [2.05, 4.69) is 5.32 Å². The molecular weight excluding hydrogens is 416 g/mol. The van der Waals surface area contributed by atoms with Crippen molar-refractivity contribution in [1.29, 1.82) is 0 Å². The van der Waals surface area contributed by atoms with E-state index in [1.807, 2.05) is 60.9 Å². The van der Waals surface area contributed by atoms with Crippen LogP contribution in [0.3, 0.4) is 0 Å². The van der Waals surface area contributed by atoms with Gasteiger partial charge in [0.2, 0.25) is 15.9 Å². The number of fused-ring (bicyclic) bond motifs is 1. The fourth-order valence-corrected chi connectivity index (χ4v) is 5.95. The van der Waals surface area contributed by atoms with Gasteiger partial charge in [-0.25, -0.2) is 8.42 Å². The Hall–Kier alpha value is -2.35. The number of sulfonamides is 1. The summed E-state index contributed by atoms with van der Waals surface area (Å²) >= 11 is 1.57. The predicted octanol–water partition coefficient (Wildman–Crippen LogP) is 4.60. The lowest BCUT2D eigenvalue weighted by atomic mass is 9.99. The summed E-state index contributed by atoms with van der Waals surface area (Å²) in [6.07, 6.45) is 3.30. The molecule has 0 spiro atoms. The Morgan fingerprint density at radius 1 is 1.03 bits per heavy atom. The number of anilines is 1. The topological polar surface area (TPSA) is 66.5 Å².